The van der Waals surface area contributed by atoms with Gasteiger partial charge in [-0.25, -0.2) is 0 Å². The molecule has 0 saturated heterocycles. The lowest BCUT2D eigenvalue weighted by molar-refractivity contribution is -0.0125. The first kappa shape index (κ1) is 11.7. The molecule has 0 aliphatic carbocycles. The SMILES string of the molecule is CCCC=CCOCC(C)(C)O. The van der Waals surface area contributed by atoms with Crippen LogP contribution in [0.2, 0.25) is 0 Å². The van der Waals surface area contributed by atoms with Crippen LogP contribution in [-0.2, 0) is 4.74 Å². The van der Waals surface area contributed by atoms with Crippen molar-refractivity contribution in [3.63, 3.8) is 0 Å². The van der Waals surface area contributed by atoms with Crippen molar-refractivity contribution in [1.82, 2.24) is 0 Å². The van der Waals surface area contributed by atoms with E-state index in [4.69, 9.17) is 4.74 Å². The summed E-state index contributed by atoms with van der Waals surface area (Å²) in [6, 6.07) is 0. The van der Waals surface area contributed by atoms with E-state index in [0.717, 1.165) is 6.42 Å². The molecule has 0 saturated carbocycles. The molecular weight excluding hydrogens is 152 g/mol. The van der Waals surface area contributed by atoms with Crippen molar-refractivity contribution in [2.45, 2.75) is 39.2 Å². The van der Waals surface area contributed by atoms with Crippen LogP contribution in [0, 0.1) is 0 Å². The van der Waals surface area contributed by atoms with Crippen molar-refractivity contribution in [2.75, 3.05) is 13.2 Å². The molecule has 0 aromatic heterocycles. The Morgan fingerprint density at radius 3 is 2.50 bits per heavy atom. The van der Waals surface area contributed by atoms with E-state index in [0.29, 0.717) is 13.2 Å². The largest absolute Gasteiger partial charge is 0.388 e. The number of hydrogen-bond donors (Lipinski definition) is 1. The maximum absolute atomic E-state index is 9.27. The molecule has 0 unspecified atom stereocenters. The van der Waals surface area contributed by atoms with Crippen LogP contribution in [0.4, 0.5) is 0 Å². The zero-order valence-corrected chi connectivity index (χ0v) is 8.34. The van der Waals surface area contributed by atoms with E-state index < -0.39 is 5.60 Å². The van der Waals surface area contributed by atoms with Crippen molar-refractivity contribution in [2.24, 2.45) is 0 Å². The fourth-order valence-electron chi connectivity index (χ4n) is 0.729. The molecule has 0 aromatic carbocycles. The normalized spacial score (nSPS) is 12.7. The summed E-state index contributed by atoms with van der Waals surface area (Å²) < 4.78 is 5.21. The summed E-state index contributed by atoms with van der Waals surface area (Å²) in [5.74, 6) is 0. The van der Waals surface area contributed by atoms with Crippen LogP contribution >= 0.6 is 0 Å². The first-order valence-electron chi connectivity index (χ1n) is 4.51. The number of ether oxygens (including phenoxy) is 1. The zero-order valence-electron chi connectivity index (χ0n) is 8.34. The van der Waals surface area contributed by atoms with Crippen molar-refractivity contribution in [1.29, 1.82) is 0 Å². The summed E-state index contributed by atoms with van der Waals surface area (Å²) >= 11 is 0. The topological polar surface area (TPSA) is 29.5 Å². The minimum Gasteiger partial charge on any atom is -0.388 e. The molecule has 2 heteroatoms. The fraction of sp³-hybridized carbons (Fsp3) is 0.800. The quantitative estimate of drug-likeness (QED) is 0.491. The Bertz CT molecular complexity index is 122. The predicted molar refractivity (Wildman–Crippen MR) is 51.2 cm³/mol. The van der Waals surface area contributed by atoms with Gasteiger partial charge in [-0.15, -0.1) is 0 Å². The van der Waals surface area contributed by atoms with Gasteiger partial charge in [-0.05, 0) is 20.3 Å². The molecule has 1 N–H and O–H groups in total. The molecule has 0 bridgehead atoms. The van der Waals surface area contributed by atoms with Crippen LogP contribution in [0.15, 0.2) is 12.2 Å². The monoisotopic (exact) mass is 172 g/mol. The van der Waals surface area contributed by atoms with Crippen molar-refractivity contribution >= 4 is 0 Å². The molecule has 0 heterocycles. The fourth-order valence-corrected chi connectivity index (χ4v) is 0.729. The van der Waals surface area contributed by atoms with Gasteiger partial charge in [0, 0.05) is 0 Å². The lowest BCUT2D eigenvalue weighted by Gasteiger charge is -2.15. The second-order valence-electron chi connectivity index (χ2n) is 3.59. The standard InChI is InChI=1S/C10H20O2/c1-4-5-6-7-8-12-9-10(2,3)11/h6-7,11H,4-5,8-9H2,1-3H3. The summed E-state index contributed by atoms with van der Waals surface area (Å²) in [6.45, 7) is 6.61. The van der Waals surface area contributed by atoms with Crippen LogP contribution in [0.3, 0.4) is 0 Å². The van der Waals surface area contributed by atoms with E-state index in [1.165, 1.54) is 6.42 Å². The summed E-state index contributed by atoms with van der Waals surface area (Å²) in [5, 5.41) is 9.27. The highest BCUT2D eigenvalue weighted by molar-refractivity contribution is 4.81. The predicted octanol–water partition coefficient (Wildman–Crippen LogP) is 2.13. The Labute approximate surface area is 75.2 Å². The average Bonchev–Trinajstić information content (AvgIpc) is 1.94. The van der Waals surface area contributed by atoms with Crippen LogP contribution in [0.5, 0.6) is 0 Å². The molecule has 0 amide bonds. The molecule has 0 radical (unpaired) electrons. The molecule has 0 aromatic rings. The minimum absolute atomic E-state index is 0.392. The molecular formula is C10H20O2. The third kappa shape index (κ3) is 9.66. The highest BCUT2D eigenvalue weighted by Crippen LogP contribution is 2.00. The minimum atomic E-state index is -0.710. The Morgan fingerprint density at radius 2 is 2.00 bits per heavy atom. The van der Waals surface area contributed by atoms with Gasteiger partial charge >= 0.3 is 0 Å². The molecule has 0 spiro atoms. The third-order valence-corrected chi connectivity index (χ3v) is 1.29. The Hall–Kier alpha value is -0.340. The van der Waals surface area contributed by atoms with E-state index in [1.54, 1.807) is 13.8 Å². The van der Waals surface area contributed by atoms with Gasteiger partial charge in [0.05, 0.1) is 18.8 Å². The molecule has 0 aliphatic rings. The summed E-state index contributed by atoms with van der Waals surface area (Å²) in [5.41, 5.74) is -0.710. The lowest BCUT2D eigenvalue weighted by atomic mass is 10.2. The molecule has 12 heavy (non-hydrogen) atoms. The van der Waals surface area contributed by atoms with Gasteiger partial charge in [0.25, 0.3) is 0 Å². The zero-order chi connectivity index (χ0) is 9.45. The van der Waals surface area contributed by atoms with Crippen LogP contribution in [-0.4, -0.2) is 23.9 Å². The number of hydrogen-bond acceptors (Lipinski definition) is 2. The van der Waals surface area contributed by atoms with Crippen LogP contribution in [0.25, 0.3) is 0 Å². The number of allylic oxidation sites excluding steroid dienone is 1. The lowest BCUT2D eigenvalue weighted by Crippen LogP contribution is -2.25. The van der Waals surface area contributed by atoms with E-state index in [1.807, 2.05) is 6.08 Å². The van der Waals surface area contributed by atoms with Gasteiger partial charge in [0.1, 0.15) is 0 Å². The number of rotatable bonds is 6. The van der Waals surface area contributed by atoms with E-state index >= 15 is 0 Å². The first-order chi connectivity index (χ1) is 5.56. The maximum atomic E-state index is 9.27. The van der Waals surface area contributed by atoms with Crippen LogP contribution < -0.4 is 0 Å². The Balaban J connectivity index is 3.21. The highest BCUT2D eigenvalue weighted by atomic mass is 16.5. The van der Waals surface area contributed by atoms with Gasteiger partial charge in [-0.2, -0.15) is 0 Å². The van der Waals surface area contributed by atoms with Gasteiger partial charge in [-0.3, -0.25) is 0 Å². The van der Waals surface area contributed by atoms with Crippen LogP contribution in [0.1, 0.15) is 33.6 Å². The Morgan fingerprint density at radius 1 is 1.33 bits per heavy atom. The number of aliphatic hydroxyl groups is 1. The molecule has 72 valence electrons. The molecule has 2 nitrogen and oxygen atoms in total. The average molecular weight is 172 g/mol. The second kappa shape index (κ2) is 6.21. The molecule has 0 atom stereocenters. The first-order valence-corrected chi connectivity index (χ1v) is 4.51. The van der Waals surface area contributed by atoms with Gasteiger partial charge in [0.15, 0.2) is 0 Å². The van der Waals surface area contributed by atoms with Gasteiger partial charge < -0.3 is 9.84 Å². The van der Waals surface area contributed by atoms with Crippen molar-refractivity contribution in [3.8, 4) is 0 Å². The summed E-state index contributed by atoms with van der Waals surface area (Å²) in [4.78, 5) is 0. The molecule has 0 fully saturated rings. The molecule has 0 rings (SSSR count). The summed E-state index contributed by atoms with van der Waals surface area (Å²) in [6.07, 6.45) is 6.37. The third-order valence-electron chi connectivity index (χ3n) is 1.29. The second-order valence-corrected chi connectivity index (χ2v) is 3.59. The van der Waals surface area contributed by atoms with E-state index in [2.05, 4.69) is 13.0 Å². The Kier molecular flexibility index (Phi) is 6.03. The van der Waals surface area contributed by atoms with Crippen molar-refractivity contribution in [3.05, 3.63) is 12.2 Å². The van der Waals surface area contributed by atoms with Crippen molar-refractivity contribution < 1.29 is 9.84 Å². The number of unbranched alkanes of at least 4 members (excludes halogenated alkanes) is 1. The van der Waals surface area contributed by atoms with Gasteiger partial charge in [-0.1, -0.05) is 25.5 Å². The highest BCUT2D eigenvalue weighted by Gasteiger charge is 2.10. The molecule has 0 aliphatic heterocycles. The van der Waals surface area contributed by atoms with E-state index in [9.17, 15) is 5.11 Å². The summed E-state index contributed by atoms with van der Waals surface area (Å²) in [7, 11) is 0. The van der Waals surface area contributed by atoms with E-state index in [-0.39, 0.29) is 0 Å². The van der Waals surface area contributed by atoms with Gasteiger partial charge in [0.2, 0.25) is 0 Å². The maximum Gasteiger partial charge on any atom is 0.0824 e. The smallest absolute Gasteiger partial charge is 0.0824 e.